The highest BCUT2D eigenvalue weighted by molar-refractivity contribution is 8.01. The van der Waals surface area contributed by atoms with Crippen LogP contribution in [0.1, 0.15) is 32.1 Å². The lowest BCUT2D eigenvalue weighted by Crippen LogP contribution is -2.23. The highest BCUT2D eigenvalue weighted by Crippen LogP contribution is 2.49. The number of rotatable bonds is 4. The van der Waals surface area contributed by atoms with Crippen LogP contribution in [0.2, 0.25) is 0 Å². The Bertz CT molecular complexity index is 476. The van der Waals surface area contributed by atoms with Gasteiger partial charge in [-0.25, -0.2) is 6.57 Å². The maximum atomic E-state index is 7.55. The van der Waals surface area contributed by atoms with Crippen molar-refractivity contribution in [2.45, 2.75) is 41.9 Å². The molecule has 1 aliphatic carbocycles. The van der Waals surface area contributed by atoms with Gasteiger partial charge in [0, 0.05) is 12.8 Å². The number of nitrogens with zero attached hydrogens (tertiary/aromatic N) is 1. The Kier molecular flexibility index (Phi) is 4.60. The number of thioether (sulfide) groups is 1. The topological polar surface area (TPSA) is 22.8 Å². The predicted octanol–water partition coefficient (Wildman–Crippen LogP) is 4.38. The van der Waals surface area contributed by atoms with Crippen LogP contribution in [0.25, 0.3) is 4.85 Å². The first-order chi connectivity index (χ1) is 9.24. The highest BCUT2D eigenvalue weighted by atomic mass is 32.2. The second-order valence-electron chi connectivity index (χ2n) is 4.71. The summed E-state index contributed by atoms with van der Waals surface area (Å²) in [5.74, 6) is 1.46. The predicted molar refractivity (Wildman–Crippen MR) is 77.8 cm³/mol. The Balaban J connectivity index is 2.29. The first kappa shape index (κ1) is 14.1. The maximum absolute atomic E-state index is 7.55. The zero-order valence-corrected chi connectivity index (χ0v) is 12.3. The van der Waals surface area contributed by atoms with Gasteiger partial charge in [-0.3, -0.25) is 4.85 Å². The largest absolute Gasteiger partial charge is 0.493 e. The number of hydrogen-bond donors (Lipinski definition) is 0. The molecule has 0 heterocycles. The first-order valence-electron chi connectivity index (χ1n) is 6.53. The standard InChI is InChI=1S/C15H19NO2S/c1-16-15(10-5-4-6-11-15)19-13-9-7-8-12(17-2)14(13)18-3/h7-9H,4-6,10-11H2,2-3H3. The average molecular weight is 277 g/mol. The summed E-state index contributed by atoms with van der Waals surface area (Å²) in [5, 5.41) is 0. The molecular formula is C15H19NO2S. The van der Waals surface area contributed by atoms with Gasteiger partial charge in [0.1, 0.15) is 0 Å². The minimum absolute atomic E-state index is 0.322. The quantitative estimate of drug-likeness (QED) is 0.763. The van der Waals surface area contributed by atoms with Crippen LogP contribution < -0.4 is 9.47 Å². The molecule has 2 rings (SSSR count). The fourth-order valence-electron chi connectivity index (χ4n) is 2.48. The molecular weight excluding hydrogens is 258 g/mol. The molecule has 1 saturated carbocycles. The maximum Gasteiger partial charge on any atom is 0.282 e. The number of para-hydroxylation sites is 1. The van der Waals surface area contributed by atoms with Crippen molar-refractivity contribution in [1.29, 1.82) is 0 Å². The number of benzene rings is 1. The van der Waals surface area contributed by atoms with E-state index < -0.39 is 0 Å². The summed E-state index contributed by atoms with van der Waals surface area (Å²) in [5.41, 5.74) is 0. The summed E-state index contributed by atoms with van der Waals surface area (Å²) in [6.45, 7) is 7.55. The molecule has 0 radical (unpaired) electrons. The third kappa shape index (κ3) is 2.98. The Morgan fingerprint density at radius 2 is 1.89 bits per heavy atom. The lowest BCUT2D eigenvalue weighted by Gasteiger charge is -2.26. The summed E-state index contributed by atoms with van der Waals surface area (Å²) in [4.78, 5) is 4.60. The third-order valence-corrected chi connectivity index (χ3v) is 4.93. The minimum atomic E-state index is -0.322. The molecule has 4 heteroatoms. The third-order valence-electron chi connectivity index (χ3n) is 3.51. The summed E-state index contributed by atoms with van der Waals surface area (Å²) >= 11 is 1.63. The number of ether oxygens (including phenoxy) is 2. The fourth-order valence-corrected chi connectivity index (χ4v) is 3.85. The van der Waals surface area contributed by atoms with Crippen LogP contribution in [-0.2, 0) is 0 Å². The van der Waals surface area contributed by atoms with Gasteiger partial charge in [0.15, 0.2) is 11.5 Å². The van der Waals surface area contributed by atoms with Gasteiger partial charge in [0.25, 0.3) is 4.87 Å². The molecule has 0 aliphatic heterocycles. The molecule has 1 aliphatic rings. The Morgan fingerprint density at radius 3 is 2.47 bits per heavy atom. The van der Waals surface area contributed by atoms with Crippen molar-refractivity contribution in [1.82, 2.24) is 0 Å². The van der Waals surface area contributed by atoms with Crippen molar-refractivity contribution in [3.63, 3.8) is 0 Å². The average Bonchev–Trinajstić information content (AvgIpc) is 2.48. The highest BCUT2D eigenvalue weighted by Gasteiger charge is 2.40. The van der Waals surface area contributed by atoms with E-state index in [1.54, 1.807) is 26.0 Å². The smallest absolute Gasteiger partial charge is 0.282 e. The lowest BCUT2D eigenvalue weighted by atomic mass is 9.95. The van der Waals surface area contributed by atoms with E-state index in [1.807, 2.05) is 18.2 Å². The van der Waals surface area contributed by atoms with Crippen molar-refractivity contribution in [2.75, 3.05) is 14.2 Å². The van der Waals surface area contributed by atoms with Crippen LogP contribution in [-0.4, -0.2) is 19.1 Å². The normalized spacial score (nSPS) is 17.5. The molecule has 19 heavy (non-hydrogen) atoms. The zero-order chi connectivity index (χ0) is 13.7. The van der Waals surface area contributed by atoms with E-state index in [-0.39, 0.29) is 4.87 Å². The van der Waals surface area contributed by atoms with E-state index in [4.69, 9.17) is 16.0 Å². The molecule has 0 unspecified atom stereocenters. The molecule has 3 nitrogen and oxygen atoms in total. The minimum Gasteiger partial charge on any atom is -0.493 e. The van der Waals surface area contributed by atoms with E-state index in [0.717, 1.165) is 42.1 Å². The molecule has 1 fully saturated rings. The molecule has 0 bridgehead atoms. The van der Waals surface area contributed by atoms with Crippen LogP contribution in [0.3, 0.4) is 0 Å². The van der Waals surface area contributed by atoms with Gasteiger partial charge < -0.3 is 9.47 Å². The van der Waals surface area contributed by atoms with E-state index in [0.29, 0.717) is 0 Å². The van der Waals surface area contributed by atoms with Crippen LogP contribution in [0.5, 0.6) is 11.5 Å². The molecule has 1 aromatic rings. The van der Waals surface area contributed by atoms with Gasteiger partial charge >= 0.3 is 0 Å². The van der Waals surface area contributed by atoms with Gasteiger partial charge in [-0.15, -0.1) is 0 Å². The van der Waals surface area contributed by atoms with Crippen LogP contribution in [0, 0.1) is 6.57 Å². The summed E-state index contributed by atoms with van der Waals surface area (Å²) in [6, 6.07) is 5.84. The van der Waals surface area contributed by atoms with Crippen LogP contribution in [0.15, 0.2) is 23.1 Å². The van der Waals surface area contributed by atoms with E-state index >= 15 is 0 Å². The van der Waals surface area contributed by atoms with Gasteiger partial charge in [0.2, 0.25) is 0 Å². The molecule has 0 aromatic heterocycles. The molecule has 0 saturated heterocycles. The fraction of sp³-hybridized carbons (Fsp3) is 0.533. The monoisotopic (exact) mass is 277 g/mol. The number of methoxy groups -OCH3 is 2. The van der Waals surface area contributed by atoms with E-state index in [2.05, 4.69) is 4.85 Å². The number of hydrogen-bond acceptors (Lipinski definition) is 3. The summed E-state index contributed by atoms with van der Waals surface area (Å²) in [6.07, 6.45) is 5.44. The Hall–Kier alpha value is -1.34. The summed E-state index contributed by atoms with van der Waals surface area (Å²) in [7, 11) is 3.28. The van der Waals surface area contributed by atoms with Gasteiger partial charge in [-0.1, -0.05) is 12.5 Å². The first-order valence-corrected chi connectivity index (χ1v) is 7.35. The molecule has 0 atom stereocenters. The van der Waals surface area contributed by atoms with Crippen molar-refractivity contribution in [3.8, 4) is 11.5 Å². The Morgan fingerprint density at radius 1 is 1.16 bits per heavy atom. The van der Waals surface area contributed by atoms with Gasteiger partial charge in [-0.05, 0) is 36.7 Å². The van der Waals surface area contributed by atoms with Gasteiger partial charge in [0.05, 0.1) is 19.1 Å². The second-order valence-corrected chi connectivity index (χ2v) is 6.12. The molecule has 102 valence electrons. The SMILES string of the molecule is [C-]#[N+]C1(Sc2cccc(OC)c2OC)CCCCC1. The van der Waals surface area contributed by atoms with E-state index in [1.165, 1.54) is 6.42 Å². The molecule has 0 N–H and O–H groups in total. The van der Waals surface area contributed by atoms with E-state index in [9.17, 15) is 0 Å². The Labute approximate surface area is 119 Å². The lowest BCUT2D eigenvalue weighted by molar-refractivity contribution is 0.347. The van der Waals surface area contributed by atoms with Crippen molar-refractivity contribution in [2.24, 2.45) is 0 Å². The van der Waals surface area contributed by atoms with Crippen LogP contribution >= 0.6 is 11.8 Å². The van der Waals surface area contributed by atoms with Crippen molar-refractivity contribution < 1.29 is 9.47 Å². The molecule has 0 spiro atoms. The zero-order valence-electron chi connectivity index (χ0n) is 11.4. The van der Waals surface area contributed by atoms with Crippen LogP contribution in [0.4, 0.5) is 0 Å². The molecule has 0 amide bonds. The van der Waals surface area contributed by atoms with Crippen molar-refractivity contribution in [3.05, 3.63) is 29.6 Å². The van der Waals surface area contributed by atoms with Crippen molar-refractivity contribution >= 4 is 11.8 Å². The second kappa shape index (κ2) is 6.21. The van der Waals surface area contributed by atoms with Gasteiger partial charge in [-0.2, -0.15) is 0 Å². The summed E-state index contributed by atoms with van der Waals surface area (Å²) < 4.78 is 10.8. The molecule has 1 aromatic carbocycles.